The smallest absolute Gasteiger partial charge is 0.143 e. The van der Waals surface area contributed by atoms with E-state index in [4.69, 9.17) is 9.15 Å². The van der Waals surface area contributed by atoms with Gasteiger partial charge in [0.2, 0.25) is 0 Å². The summed E-state index contributed by atoms with van der Waals surface area (Å²) in [6, 6.07) is 46.0. The maximum absolute atomic E-state index is 6.75. The second kappa shape index (κ2) is 8.49. The summed E-state index contributed by atoms with van der Waals surface area (Å²) in [5.41, 5.74) is 12.3. The molecule has 0 amide bonds. The molecule has 7 aromatic rings. The second-order valence-corrected chi connectivity index (χ2v) is 12.9. The van der Waals surface area contributed by atoms with Crippen LogP contribution in [0.4, 0.5) is 0 Å². The van der Waals surface area contributed by atoms with Crippen LogP contribution < -0.4 is 4.74 Å². The first-order valence-electron chi connectivity index (χ1n) is 15.0. The summed E-state index contributed by atoms with van der Waals surface area (Å²) in [4.78, 5) is 0. The molecule has 0 N–H and O–H groups in total. The lowest BCUT2D eigenvalue weighted by Gasteiger charge is -2.40. The fourth-order valence-electron chi connectivity index (χ4n) is 7.61. The standard InChI is InChI=1S/C41H30O2/c1-40(2,3)26-21-19-25(20-22-26)27-13-10-18-36-38(27)41(32-15-7-9-17-35(32)42-36)31-14-6-4-12-30(31)37-33(41)24-23-29-28-11-5-8-16-34(28)43-39(29)37/h4-24H,1-3H3. The van der Waals surface area contributed by atoms with Crippen LogP contribution in [0.3, 0.4) is 0 Å². The van der Waals surface area contributed by atoms with E-state index in [1.165, 1.54) is 44.5 Å². The molecule has 1 atom stereocenters. The first kappa shape index (κ1) is 24.5. The molecule has 2 heteroatoms. The van der Waals surface area contributed by atoms with Crippen LogP contribution in [0.1, 0.15) is 48.6 Å². The van der Waals surface area contributed by atoms with E-state index in [0.717, 1.165) is 39.0 Å². The van der Waals surface area contributed by atoms with Crippen LogP contribution in [-0.2, 0) is 10.8 Å². The number of hydrogen-bond acceptors (Lipinski definition) is 2. The number of ether oxygens (including phenoxy) is 1. The van der Waals surface area contributed by atoms with Gasteiger partial charge in [-0.05, 0) is 57.0 Å². The summed E-state index contributed by atoms with van der Waals surface area (Å²) in [6.07, 6.45) is 0. The summed E-state index contributed by atoms with van der Waals surface area (Å²) in [6.45, 7) is 6.78. The van der Waals surface area contributed by atoms with Gasteiger partial charge in [0.25, 0.3) is 0 Å². The molecule has 2 heterocycles. The maximum Gasteiger partial charge on any atom is 0.143 e. The van der Waals surface area contributed by atoms with Gasteiger partial charge in [-0.2, -0.15) is 0 Å². The van der Waals surface area contributed by atoms with Crippen molar-refractivity contribution >= 4 is 21.9 Å². The fourth-order valence-corrected chi connectivity index (χ4v) is 7.61. The molecule has 0 saturated carbocycles. The quantitative estimate of drug-likeness (QED) is 0.201. The Morgan fingerprint density at radius 1 is 0.535 bits per heavy atom. The largest absolute Gasteiger partial charge is 0.457 e. The van der Waals surface area contributed by atoms with Gasteiger partial charge in [-0.1, -0.05) is 130 Å². The number of furan rings is 1. The molecule has 0 fully saturated rings. The third-order valence-electron chi connectivity index (χ3n) is 9.53. The Morgan fingerprint density at radius 3 is 2.07 bits per heavy atom. The van der Waals surface area contributed by atoms with Crippen LogP contribution in [-0.4, -0.2) is 0 Å². The van der Waals surface area contributed by atoms with E-state index in [1.54, 1.807) is 0 Å². The van der Waals surface area contributed by atoms with E-state index in [9.17, 15) is 0 Å². The lowest BCUT2D eigenvalue weighted by Crippen LogP contribution is -2.32. The van der Waals surface area contributed by atoms with Crippen LogP contribution in [0.5, 0.6) is 11.5 Å². The van der Waals surface area contributed by atoms with Gasteiger partial charge in [-0.15, -0.1) is 0 Å². The van der Waals surface area contributed by atoms with Gasteiger partial charge in [-0.25, -0.2) is 0 Å². The van der Waals surface area contributed by atoms with Crippen LogP contribution in [0.2, 0.25) is 0 Å². The predicted octanol–water partition coefficient (Wildman–Crippen LogP) is 11.0. The number of para-hydroxylation sites is 2. The first-order chi connectivity index (χ1) is 21.0. The van der Waals surface area contributed by atoms with Gasteiger partial charge in [0.1, 0.15) is 22.7 Å². The Bertz CT molecular complexity index is 2240. The molecule has 2 aliphatic rings. The highest BCUT2D eigenvalue weighted by molar-refractivity contribution is 6.12. The number of benzene rings is 6. The highest BCUT2D eigenvalue weighted by Gasteiger charge is 2.53. The number of rotatable bonds is 1. The Labute approximate surface area is 251 Å². The molecule has 0 radical (unpaired) electrons. The van der Waals surface area contributed by atoms with Gasteiger partial charge in [0, 0.05) is 27.5 Å². The minimum atomic E-state index is -0.581. The van der Waals surface area contributed by atoms with E-state index in [0.29, 0.717) is 0 Å². The zero-order valence-corrected chi connectivity index (χ0v) is 24.4. The third-order valence-corrected chi connectivity index (χ3v) is 9.53. The molecule has 206 valence electrons. The van der Waals surface area contributed by atoms with E-state index in [2.05, 4.69) is 142 Å². The molecule has 1 aromatic heterocycles. The molecule has 1 aliphatic heterocycles. The first-order valence-corrected chi connectivity index (χ1v) is 15.0. The lowest BCUT2D eigenvalue weighted by molar-refractivity contribution is 0.437. The van der Waals surface area contributed by atoms with Gasteiger partial charge in [0.05, 0.1) is 5.41 Å². The van der Waals surface area contributed by atoms with Crippen molar-refractivity contribution in [3.8, 4) is 33.8 Å². The van der Waals surface area contributed by atoms with Gasteiger partial charge >= 0.3 is 0 Å². The zero-order chi connectivity index (χ0) is 28.9. The molecule has 43 heavy (non-hydrogen) atoms. The van der Waals surface area contributed by atoms with Gasteiger partial charge in [0.15, 0.2) is 0 Å². The molecule has 6 aromatic carbocycles. The highest BCUT2D eigenvalue weighted by atomic mass is 16.5. The number of hydrogen-bond donors (Lipinski definition) is 0. The van der Waals surface area contributed by atoms with Crippen LogP contribution in [0.25, 0.3) is 44.2 Å². The molecule has 9 rings (SSSR count). The monoisotopic (exact) mass is 554 g/mol. The molecule has 0 bridgehead atoms. The summed E-state index contributed by atoms with van der Waals surface area (Å²) in [7, 11) is 0. The molecule has 1 aliphatic carbocycles. The van der Waals surface area contributed by atoms with Crippen molar-refractivity contribution in [2.24, 2.45) is 0 Å². The Kier molecular flexibility index (Phi) is 4.84. The Balaban J connectivity index is 1.43. The van der Waals surface area contributed by atoms with Crippen molar-refractivity contribution < 1.29 is 9.15 Å². The van der Waals surface area contributed by atoms with Crippen LogP contribution >= 0.6 is 0 Å². The minimum Gasteiger partial charge on any atom is -0.457 e. The van der Waals surface area contributed by atoms with Gasteiger partial charge < -0.3 is 9.15 Å². The van der Waals surface area contributed by atoms with E-state index in [1.807, 2.05) is 6.07 Å². The normalized spacial score (nSPS) is 16.5. The SMILES string of the molecule is CC(C)(C)c1ccc(-c2cccc3c2C2(c4ccccc4O3)c3ccccc3-c3c2ccc2c3oc3ccccc32)cc1. The highest BCUT2D eigenvalue weighted by Crippen LogP contribution is 2.64. The van der Waals surface area contributed by atoms with Crippen molar-refractivity contribution in [2.75, 3.05) is 0 Å². The molecule has 1 unspecified atom stereocenters. The third kappa shape index (κ3) is 3.18. The topological polar surface area (TPSA) is 22.4 Å². The average molecular weight is 555 g/mol. The maximum atomic E-state index is 6.75. The second-order valence-electron chi connectivity index (χ2n) is 12.9. The van der Waals surface area contributed by atoms with Crippen LogP contribution in [0, 0.1) is 0 Å². The van der Waals surface area contributed by atoms with Crippen molar-refractivity contribution in [3.63, 3.8) is 0 Å². The molecule has 2 nitrogen and oxygen atoms in total. The molecular weight excluding hydrogens is 524 g/mol. The summed E-state index contributed by atoms with van der Waals surface area (Å²) in [5, 5.41) is 2.29. The van der Waals surface area contributed by atoms with E-state index >= 15 is 0 Å². The van der Waals surface area contributed by atoms with E-state index < -0.39 is 5.41 Å². The molecule has 1 spiro atoms. The fraction of sp³-hybridized carbons (Fsp3) is 0.122. The molecule has 0 saturated heterocycles. The predicted molar refractivity (Wildman–Crippen MR) is 175 cm³/mol. The van der Waals surface area contributed by atoms with Crippen molar-refractivity contribution in [1.29, 1.82) is 0 Å². The molecular formula is C41H30O2. The minimum absolute atomic E-state index is 0.0825. The lowest BCUT2D eigenvalue weighted by atomic mass is 9.64. The van der Waals surface area contributed by atoms with Crippen molar-refractivity contribution in [1.82, 2.24) is 0 Å². The summed E-state index contributed by atoms with van der Waals surface area (Å²) < 4.78 is 13.4. The van der Waals surface area contributed by atoms with Gasteiger partial charge in [-0.3, -0.25) is 0 Å². The summed E-state index contributed by atoms with van der Waals surface area (Å²) in [5.74, 6) is 1.78. The Hall–Kier alpha value is -5.08. The van der Waals surface area contributed by atoms with Crippen molar-refractivity contribution in [3.05, 3.63) is 155 Å². The zero-order valence-electron chi connectivity index (χ0n) is 24.4. The Morgan fingerprint density at radius 2 is 1.23 bits per heavy atom. The van der Waals surface area contributed by atoms with E-state index in [-0.39, 0.29) is 5.41 Å². The average Bonchev–Trinajstić information content (AvgIpc) is 3.55. The van der Waals surface area contributed by atoms with Crippen LogP contribution in [0.15, 0.2) is 132 Å². The number of fused-ring (bicyclic) bond motifs is 13. The summed E-state index contributed by atoms with van der Waals surface area (Å²) >= 11 is 0. The van der Waals surface area contributed by atoms with Crippen molar-refractivity contribution in [2.45, 2.75) is 31.6 Å².